The number of halogens is 3. The van der Waals surface area contributed by atoms with Crippen molar-refractivity contribution in [2.45, 2.75) is 58.9 Å². The summed E-state index contributed by atoms with van der Waals surface area (Å²) in [4.78, 5) is 2.11. The first kappa shape index (κ1) is 30.3. The van der Waals surface area contributed by atoms with Gasteiger partial charge in [-0.15, -0.1) is 0 Å². The molecule has 0 aromatic heterocycles. The molecule has 5 nitrogen and oxygen atoms in total. The molecule has 1 aliphatic heterocycles. The van der Waals surface area contributed by atoms with Crippen molar-refractivity contribution in [2.75, 3.05) is 39.5 Å². The van der Waals surface area contributed by atoms with Gasteiger partial charge in [0.1, 0.15) is 6.23 Å². The quantitative estimate of drug-likeness (QED) is 0.148. The summed E-state index contributed by atoms with van der Waals surface area (Å²) in [5.74, 6) is 0.295. The molecule has 0 aliphatic carbocycles. The van der Waals surface area contributed by atoms with Crippen molar-refractivity contribution < 1.29 is 23.4 Å². The maximum atomic E-state index is 13.4. The molecule has 4 N–H and O–H groups in total. The first-order chi connectivity index (χ1) is 16.2. The van der Waals surface area contributed by atoms with Crippen LogP contribution < -0.4 is 10.6 Å². The van der Waals surface area contributed by atoms with Crippen molar-refractivity contribution in [3.63, 3.8) is 0 Å². The van der Waals surface area contributed by atoms with Crippen LogP contribution in [0.1, 0.15) is 46.5 Å². The molecular weight excluding hydrogens is 443 g/mol. The second-order valence-electron chi connectivity index (χ2n) is 8.45. The third-order valence-electron chi connectivity index (χ3n) is 6.02. The lowest BCUT2D eigenvalue weighted by Crippen LogP contribution is -2.36. The summed E-state index contributed by atoms with van der Waals surface area (Å²) in [7, 11) is 0. The van der Waals surface area contributed by atoms with Crippen LogP contribution in [0, 0.1) is 5.92 Å². The smallest absolute Gasteiger partial charge is 0.381 e. The van der Waals surface area contributed by atoms with Crippen LogP contribution in [0.2, 0.25) is 0 Å². The molecule has 1 heterocycles. The highest BCUT2D eigenvalue weighted by molar-refractivity contribution is 5.42. The van der Waals surface area contributed by atoms with E-state index in [1.807, 2.05) is 19.1 Å². The van der Waals surface area contributed by atoms with Crippen LogP contribution >= 0.6 is 0 Å². The molecule has 2 unspecified atom stereocenters. The van der Waals surface area contributed by atoms with Crippen molar-refractivity contribution in [3.05, 3.63) is 59.3 Å². The van der Waals surface area contributed by atoms with Gasteiger partial charge in [0.15, 0.2) is 0 Å². The zero-order valence-electron chi connectivity index (χ0n) is 20.8. The number of hydrogen-bond acceptors (Lipinski definition) is 5. The van der Waals surface area contributed by atoms with Gasteiger partial charge >= 0.3 is 6.18 Å². The summed E-state index contributed by atoms with van der Waals surface area (Å²) >= 11 is 0. The number of alkyl halides is 3. The third kappa shape index (κ3) is 10.3. The Morgan fingerprint density at radius 3 is 2.50 bits per heavy atom. The second-order valence-corrected chi connectivity index (χ2v) is 8.45. The number of aliphatic hydroxyl groups excluding tert-OH is 2. The van der Waals surface area contributed by atoms with Crippen LogP contribution in [0.25, 0.3) is 0 Å². The van der Waals surface area contributed by atoms with Crippen molar-refractivity contribution in [1.29, 1.82) is 0 Å². The molecule has 1 rings (SSSR count). The first-order valence-electron chi connectivity index (χ1n) is 12.1. The molecule has 0 fully saturated rings. The van der Waals surface area contributed by atoms with Gasteiger partial charge in [-0.3, -0.25) is 15.5 Å². The standard InChI is InChI=1S/C26H42F3N3O2/c1-5-10-20(11-9-12-21(6-2)25(34)31-15-14-30-19-33)13-16-32-17-22(7-3)23(18-32)24(8-4)26(27,28)29/h6,8-9,11-12,20,25,30-31,33-34H,2,5,7,10,13-19H2,1,3-4H3/b11-9+,21-12+,24-8+. The van der Waals surface area contributed by atoms with Gasteiger partial charge < -0.3 is 10.2 Å². The molecule has 34 heavy (non-hydrogen) atoms. The van der Waals surface area contributed by atoms with Crippen LogP contribution in [0.4, 0.5) is 13.2 Å². The lowest BCUT2D eigenvalue weighted by Gasteiger charge is -2.20. The lowest BCUT2D eigenvalue weighted by molar-refractivity contribution is -0.0897. The van der Waals surface area contributed by atoms with E-state index in [9.17, 15) is 18.3 Å². The molecule has 0 bridgehead atoms. The Morgan fingerprint density at radius 2 is 1.94 bits per heavy atom. The zero-order chi connectivity index (χ0) is 25.6. The van der Waals surface area contributed by atoms with Crippen molar-refractivity contribution in [3.8, 4) is 0 Å². The molecule has 0 saturated carbocycles. The minimum atomic E-state index is -4.32. The molecule has 8 heteroatoms. The molecular formula is C26H42F3N3O2. The predicted molar refractivity (Wildman–Crippen MR) is 133 cm³/mol. The number of aliphatic hydroxyl groups is 2. The summed E-state index contributed by atoms with van der Waals surface area (Å²) < 4.78 is 40.3. The second kappa shape index (κ2) is 16.1. The Balaban J connectivity index is 2.71. The SMILES string of the molecule is C=C/C(=C\C=C\C(CCC)CCN1CC(CC)=C(/C(=C\C)C(F)(F)F)C1)C(O)NCCNCO. The Morgan fingerprint density at radius 1 is 1.21 bits per heavy atom. The zero-order valence-corrected chi connectivity index (χ0v) is 20.8. The summed E-state index contributed by atoms with van der Waals surface area (Å²) in [6, 6.07) is 0. The predicted octanol–water partition coefficient (Wildman–Crippen LogP) is 4.44. The molecule has 194 valence electrons. The molecule has 0 spiro atoms. The van der Waals surface area contributed by atoms with E-state index < -0.39 is 18.0 Å². The van der Waals surface area contributed by atoms with E-state index in [1.54, 1.807) is 6.08 Å². The highest BCUT2D eigenvalue weighted by Gasteiger charge is 2.38. The normalized spacial score (nSPS) is 18.2. The summed E-state index contributed by atoms with van der Waals surface area (Å²) in [6.45, 7) is 11.8. The average molecular weight is 486 g/mol. The van der Waals surface area contributed by atoms with E-state index in [0.717, 1.165) is 31.4 Å². The molecule has 0 aromatic rings. The van der Waals surface area contributed by atoms with E-state index in [2.05, 4.69) is 35.1 Å². The minimum absolute atomic E-state index is 0.114. The molecule has 1 aliphatic rings. The fraction of sp³-hybridized carbons (Fsp3) is 0.615. The van der Waals surface area contributed by atoms with Gasteiger partial charge in [0, 0.05) is 26.2 Å². The van der Waals surface area contributed by atoms with E-state index in [-0.39, 0.29) is 6.73 Å². The van der Waals surface area contributed by atoms with E-state index >= 15 is 0 Å². The highest BCUT2D eigenvalue weighted by atomic mass is 19.4. The van der Waals surface area contributed by atoms with E-state index in [4.69, 9.17) is 5.11 Å². The third-order valence-corrected chi connectivity index (χ3v) is 6.02. The maximum absolute atomic E-state index is 13.4. The van der Waals surface area contributed by atoms with Crippen LogP contribution in [-0.2, 0) is 0 Å². The lowest BCUT2D eigenvalue weighted by atomic mass is 9.98. The van der Waals surface area contributed by atoms with Crippen molar-refractivity contribution in [2.24, 2.45) is 5.92 Å². The van der Waals surface area contributed by atoms with Crippen molar-refractivity contribution >= 4 is 0 Å². The van der Waals surface area contributed by atoms with Gasteiger partial charge in [0.2, 0.25) is 0 Å². The van der Waals surface area contributed by atoms with Crippen LogP contribution in [0.15, 0.2) is 59.3 Å². The van der Waals surface area contributed by atoms with Crippen LogP contribution in [0.3, 0.4) is 0 Å². The fourth-order valence-electron chi connectivity index (χ4n) is 4.17. The van der Waals surface area contributed by atoms with Gasteiger partial charge in [-0.05, 0) is 49.8 Å². The Bertz CT molecular complexity index is 742. The van der Waals surface area contributed by atoms with Gasteiger partial charge in [-0.2, -0.15) is 13.2 Å². The number of rotatable bonds is 16. The molecule has 0 aromatic carbocycles. The number of allylic oxidation sites excluding steroid dienone is 4. The summed E-state index contributed by atoms with van der Waals surface area (Å²) in [5.41, 5.74) is 1.46. The van der Waals surface area contributed by atoms with Gasteiger partial charge in [0.25, 0.3) is 0 Å². The van der Waals surface area contributed by atoms with Crippen LogP contribution in [0.5, 0.6) is 0 Å². The van der Waals surface area contributed by atoms with Crippen LogP contribution in [-0.4, -0.2) is 67.0 Å². The fourth-order valence-corrected chi connectivity index (χ4v) is 4.17. The molecule has 0 amide bonds. The Labute approximate surface area is 202 Å². The number of hydrogen-bond donors (Lipinski definition) is 4. The largest absolute Gasteiger partial charge is 0.416 e. The maximum Gasteiger partial charge on any atom is 0.416 e. The van der Waals surface area contributed by atoms with Gasteiger partial charge in [-0.25, -0.2) is 0 Å². The number of nitrogens with one attached hydrogen (secondary N) is 2. The molecule has 0 radical (unpaired) electrons. The topological polar surface area (TPSA) is 67.8 Å². The van der Waals surface area contributed by atoms with Crippen molar-refractivity contribution in [1.82, 2.24) is 15.5 Å². The summed E-state index contributed by atoms with van der Waals surface area (Å²) in [5, 5.41) is 24.7. The Kier molecular flexibility index (Phi) is 14.3. The first-order valence-corrected chi connectivity index (χ1v) is 12.1. The Hall–Kier alpha value is -1.71. The van der Waals surface area contributed by atoms with Gasteiger partial charge in [0.05, 0.1) is 12.3 Å². The average Bonchev–Trinajstić information content (AvgIpc) is 3.19. The van der Waals surface area contributed by atoms with E-state index in [1.165, 1.54) is 13.0 Å². The minimum Gasteiger partial charge on any atom is -0.381 e. The monoisotopic (exact) mass is 485 g/mol. The number of nitrogens with zero attached hydrogens (tertiary/aromatic N) is 1. The molecule has 2 atom stereocenters. The van der Waals surface area contributed by atoms with Gasteiger partial charge in [-0.1, -0.05) is 62.8 Å². The summed E-state index contributed by atoms with van der Waals surface area (Å²) in [6.07, 6.45) is 6.92. The highest BCUT2D eigenvalue weighted by Crippen LogP contribution is 2.36. The van der Waals surface area contributed by atoms with E-state index in [0.29, 0.717) is 49.7 Å². The molecule has 0 saturated heterocycles.